The van der Waals surface area contributed by atoms with Crippen molar-refractivity contribution in [1.29, 1.82) is 0 Å². The molecular weight excluding hydrogens is 367 g/mol. The molecule has 0 saturated carbocycles. The van der Waals surface area contributed by atoms with Crippen molar-refractivity contribution in [2.75, 3.05) is 0 Å². The summed E-state index contributed by atoms with van der Waals surface area (Å²) < 4.78 is 64.5. The van der Waals surface area contributed by atoms with Crippen LogP contribution < -0.4 is 0 Å². The van der Waals surface area contributed by atoms with Crippen molar-refractivity contribution in [3.8, 4) is 0 Å². The van der Waals surface area contributed by atoms with Crippen LogP contribution in [0.25, 0.3) is 5.65 Å². The molecule has 0 saturated heterocycles. The molecule has 0 aliphatic carbocycles. The van der Waals surface area contributed by atoms with E-state index in [0.29, 0.717) is 17.8 Å². The van der Waals surface area contributed by atoms with E-state index in [-0.39, 0.29) is 10.7 Å². The normalized spacial score (nSPS) is 12.7. The SMILES string of the molecule is O=S(=O)(Cc1ccccc1)c1nnc2c(Cl)cc(C(F)(F)F)cn12. The maximum Gasteiger partial charge on any atom is 0.417 e. The van der Waals surface area contributed by atoms with Crippen LogP contribution in [0, 0.1) is 0 Å². The van der Waals surface area contributed by atoms with E-state index < -0.39 is 32.5 Å². The summed E-state index contributed by atoms with van der Waals surface area (Å²) in [6.07, 6.45) is -4.05. The Balaban J connectivity index is 2.14. The Bertz CT molecular complexity index is 1000. The van der Waals surface area contributed by atoms with Crippen LogP contribution in [0.2, 0.25) is 5.02 Å². The number of rotatable bonds is 3. The van der Waals surface area contributed by atoms with Crippen molar-refractivity contribution in [3.05, 3.63) is 58.7 Å². The fraction of sp³-hybridized carbons (Fsp3) is 0.143. The smallest absolute Gasteiger partial charge is 0.271 e. The van der Waals surface area contributed by atoms with Gasteiger partial charge in [-0.15, -0.1) is 10.2 Å². The third-order valence-corrected chi connectivity index (χ3v) is 5.06. The lowest BCUT2D eigenvalue weighted by Crippen LogP contribution is -2.12. The summed E-state index contributed by atoms with van der Waals surface area (Å²) in [5, 5.41) is 6.18. The number of halogens is 4. The summed E-state index contributed by atoms with van der Waals surface area (Å²) in [5.74, 6) is -0.414. The van der Waals surface area contributed by atoms with Crippen molar-refractivity contribution in [2.24, 2.45) is 0 Å². The standard InChI is InChI=1S/C14H9ClF3N3O2S/c15-11-6-10(14(16,17)18)7-21-12(11)19-20-13(21)24(22,23)8-9-4-2-1-3-5-9/h1-7H,8H2. The summed E-state index contributed by atoms with van der Waals surface area (Å²) >= 11 is 5.77. The second kappa shape index (κ2) is 5.75. The topological polar surface area (TPSA) is 64.3 Å². The fourth-order valence-electron chi connectivity index (χ4n) is 2.16. The maximum atomic E-state index is 12.9. The number of pyridine rings is 1. The second-order valence-corrected chi connectivity index (χ2v) is 7.29. The first-order valence-corrected chi connectivity index (χ1v) is 8.60. The second-order valence-electron chi connectivity index (χ2n) is 5.00. The number of hydrogen-bond donors (Lipinski definition) is 0. The lowest BCUT2D eigenvalue weighted by Gasteiger charge is -2.09. The summed E-state index contributed by atoms with van der Waals surface area (Å²) in [7, 11) is -4.01. The molecule has 0 aliphatic rings. The number of sulfone groups is 1. The minimum absolute atomic E-state index is 0.156. The zero-order chi connectivity index (χ0) is 17.5. The highest BCUT2D eigenvalue weighted by molar-refractivity contribution is 7.90. The first-order chi connectivity index (χ1) is 11.2. The highest BCUT2D eigenvalue weighted by atomic mass is 35.5. The number of fused-ring (bicyclic) bond motifs is 1. The van der Waals surface area contributed by atoms with Gasteiger partial charge in [0.2, 0.25) is 9.84 Å². The van der Waals surface area contributed by atoms with E-state index in [4.69, 9.17) is 11.6 Å². The van der Waals surface area contributed by atoms with Gasteiger partial charge in [-0.25, -0.2) is 8.42 Å². The molecule has 3 aromatic rings. The molecular formula is C14H9ClF3N3O2S. The molecule has 5 nitrogen and oxygen atoms in total. The quantitative estimate of drug-likeness (QED) is 0.704. The molecule has 0 amide bonds. The molecule has 0 fully saturated rings. The molecule has 2 heterocycles. The van der Waals surface area contributed by atoms with Crippen LogP contribution in [0.5, 0.6) is 0 Å². The number of nitrogens with zero attached hydrogens (tertiary/aromatic N) is 3. The monoisotopic (exact) mass is 375 g/mol. The first kappa shape index (κ1) is 16.7. The van der Waals surface area contributed by atoms with Crippen molar-refractivity contribution < 1.29 is 21.6 Å². The number of hydrogen-bond acceptors (Lipinski definition) is 4. The summed E-state index contributed by atoms with van der Waals surface area (Å²) in [5.41, 5.74) is -0.764. The fourth-order valence-corrected chi connectivity index (χ4v) is 3.77. The third-order valence-electron chi connectivity index (χ3n) is 3.23. The van der Waals surface area contributed by atoms with Gasteiger partial charge in [-0.05, 0) is 11.6 Å². The van der Waals surface area contributed by atoms with Gasteiger partial charge in [0.1, 0.15) is 0 Å². The molecule has 24 heavy (non-hydrogen) atoms. The molecule has 126 valence electrons. The van der Waals surface area contributed by atoms with Crippen molar-refractivity contribution in [1.82, 2.24) is 14.6 Å². The highest BCUT2D eigenvalue weighted by Gasteiger charge is 2.33. The van der Waals surface area contributed by atoms with Gasteiger partial charge >= 0.3 is 6.18 Å². The average Bonchev–Trinajstić information content (AvgIpc) is 2.92. The molecule has 0 N–H and O–H groups in total. The van der Waals surface area contributed by atoms with E-state index in [9.17, 15) is 21.6 Å². The lowest BCUT2D eigenvalue weighted by atomic mass is 10.2. The molecule has 0 bridgehead atoms. The van der Waals surface area contributed by atoms with E-state index in [1.807, 2.05) is 0 Å². The molecule has 3 rings (SSSR count). The van der Waals surface area contributed by atoms with Gasteiger partial charge in [0, 0.05) is 6.20 Å². The van der Waals surface area contributed by atoms with Crippen molar-refractivity contribution in [3.63, 3.8) is 0 Å². The number of alkyl halides is 3. The van der Waals surface area contributed by atoms with Crippen LogP contribution >= 0.6 is 11.6 Å². The van der Waals surface area contributed by atoms with Crippen LogP contribution in [0.4, 0.5) is 13.2 Å². The molecule has 10 heteroatoms. The Hall–Kier alpha value is -2.13. The molecule has 0 atom stereocenters. The zero-order valence-electron chi connectivity index (χ0n) is 11.8. The van der Waals surface area contributed by atoms with Crippen molar-refractivity contribution >= 4 is 27.1 Å². The Morgan fingerprint density at radius 2 is 1.79 bits per heavy atom. The van der Waals surface area contributed by atoms with Gasteiger partial charge < -0.3 is 0 Å². The van der Waals surface area contributed by atoms with E-state index in [1.165, 1.54) is 0 Å². The minimum atomic E-state index is -4.68. The van der Waals surface area contributed by atoms with Crippen molar-refractivity contribution in [2.45, 2.75) is 17.1 Å². The molecule has 0 spiro atoms. The van der Waals surface area contributed by atoms with E-state index >= 15 is 0 Å². The largest absolute Gasteiger partial charge is 0.417 e. The van der Waals surface area contributed by atoms with Gasteiger partial charge in [0.25, 0.3) is 5.16 Å². The molecule has 0 radical (unpaired) electrons. The summed E-state index contributed by atoms with van der Waals surface area (Å²) in [6, 6.07) is 8.90. The van der Waals surface area contributed by atoms with E-state index in [2.05, 4.69) is 10.2 Å². The molecule has 1 aromatic carbocycles. The first-order valence-electron chi connectivity index (χ1n) is 6.56. The summed E-state index contributed by atoms with van der Waals surface area (Å²) in [6.45, 7) is 0. The van der Waals surface area contributed by atoms with Gasteiger partial charge in [-0.2, -0.15) is 13.2 Å². The number of benzene rings is 1. The van der Waals surface area contributed by atoms with Crippen LogP contribution in [0.1, 0.15) is 11.1 Å². The number of aromatic nitrogens is 3. The van der Waals surface area contributed by atoms with Gasteiger partial charge in [0.05, 0.1) is 16.3 Å². The van der Waals surface area contributed by atoms with Crippen LogP contribution in [0.15, 0.2) is 47.8 Å². The third kappa shape index (κ3) is 3.09. The lowest BCUT2D eigenvalue weighted by molar-refractivity contribution is -0.137. The van der Waals surface area contributed by atoms with Gasteiger partial charge in [0.15, 0.2) is 5.65 Å². The van der Waals surface area contributed by atoms with E-state index in [1.54, 1.807) is 30.3 Å². The van der Waals surface area contributed by atoms with Crippen LogP contribution in [0.3, 0.4) is 0 Å². The Morgan fingerprint density at radius 1 is 1.12 bits per heavy atom. The van der Waals surface area contributed by atoms with Gasteiger partial charge in [-0.3, -0.25) is 4.40 Å². The molecule has 0 unspecified atom stereocenters. The maximum absolute atomic E-state index is 12.9. The predicted molar refractivity (Wildman–Crippen MR) is 80.3 cm³/mol. The summed E-state index contributed by atoms with van der Waals surface area (Å²) in [4.78, 5) is 0. The van der Waals surface area contributed by atoms with Gasteiger partial charge in [-0.1, -0.05) is 41.9 Å². The Labute approximate surface area is 139 Å². The average molecular weight is 376 g/mol. The van der Waals surface area contributed by atoms with E-state index in [0.717, 1.165) is 4.40 Å². The molecule has 0 aliphatic heterocycles. The highest BCUT2D eigenvalue weighted by Crippen LogP contribution is 2.32. The van der Waals surface area contributed by atoms with Crippen LogP contribution in [-0.2, 0) is 21.8 Å². The molecule has 2 aromatic heterocycles. The predicted octanol–water partition coefficient (Wildman–Crippen LogP) is 3.38. The minimum Gasteiger partial charge on any atom is -0.271 e. The Morgan fingerprint density at radius 3 is 2.42 bits per heavy atom. The Kier molecular flexibility index (Phi) is 4.00. The van der Waals surface area contributed by atoms with Crippen LogP contribution in [-0.4, -0.2) is 23.0 Å². The zero-order valence-corrected chi connectivity index (χ0v) is 13.4.